The Kier molecular flexibility index (Phi) is 5.62. The van der Waals surface area contributed by atoms with Gasteiger partial charge in [0.05, 0.1) is 13.0 Å². The fourth-order valence-electron chi connectivity index (χ4n) is 4.59. The Hall–Kier alpha value is -1.69. The summed E-state index contributed by atoms with van der Waals surface area (Å²) in [5.41, 5.74) is 2.68. The minimum Gasteiger partial charge on any atom is -0.497 e. The van der Waals surface area contributed by atoms with Crippen LogP contribution in [-0.4, -0.2) is 59.5 Å². The van der Waals surface area contributed by atoms with E-state index >= 15 is 0 Å². The van der Waals surface area contributed by atoms with Crippen molar-refractivity contribution in [3.05, 3.63) is 29.3 Å². The Bertz CT molecular complexity index is 717. The molecular weight excluding hydrogens is 360 g/mol. The number of carbonyl (C=O) groups excluding carboxylic acids is 2. The van der Waals surface area contributed by atoms with Gasteiger partial charge in [0.2, 0.25) is 11.8 Å². The molecule has 2 heterocycles. The smallest absolute Gasteiger partial charge is 0.246 e. The second kappa shape index (κ2) is 8.13. The van der Waals surface area contributed by atoms with Crippen LogP contribution in [0.15, 0.2) is 18.2 Å². The molecule has 2 fully saturated rings. The maximum absolute atomic E-state index is 13.0. The zero-order valence-corrected chi connectivity index (χ0v) is 16.8. The van der Waals surface area contributed by atoms with Crippen LogP contribution in [-0.2, 0) is 22.4 Å². The van der Waals surface area contributed by atoms with Gasteiger partial charge in [0.15, 0.2) is 0 Å². The number of fused-ring (bicyclic) bond motifs is 1. The lowest BCUT2D eigenvalue weighted by Crippen LogP contribution is -2.47. The zero-order chi connectivity index (χ0) is 18.8. The van der Waals surface area contributed by atoms with Gasteiger partial charge in [-0.25, -0.2) is 0 Å². The number of hydrogen-bond donors (Lipinski definition) is 0. The Morgan fingerprint density at radius 3 is 2.89 bits per heavy atom. The number of thioether (sulfide) groups is 1. The highest BCUT2D eigenvalue weighted by Crippen LogP contribution is 2.32. The van der Waals surface area contributed by atoms with E-state index in [9.17, 15) is 9.59 Å². The summed E-state index contributed by atoms with van der Waals surface area (Å²) < 4.78 is 5.32. The summed E-state index contributed by atoms with van der Waals surface area (Å²) in [6.07, 6.45) is 5.29. The number of aryl methyl sites for hydroxylation is 1. The van der Waals surface area contributed by atoms with E-state index in [0.29, 0.717) is 12.3 Å². The van der Waals surface area contributed by atoms with Gasteiger partial charge in [-0.3, -0.25) is 9.59 Å². The summed E-state index contributed by atoms with van der Waals surface area (Å²) in [7, 11) is 1.70. The van der Waals surface area contributed by atoms with Gasteiger partial charge in [-0.1, -0.05) is 6.07 Å². The van der Waals surface area contributed by atoms with Crippen molar-refractivity contribution in [2.24, 2.45) is 5.92 Å². The van der Waals surface area contributed by atoms with Crippen molar-refractivity contribution in [3.8, 4) is 5.75 Å². The quantitative estimate of drug-likeness (QED) is 0.796. The molecule has 2 aliphatic heterocycles. The minimum atomic E-state index is -0.226. The number of methoxy groups -OCH3 is 1. The number of carbonyl (C=O) groups is 2. The molecule has 5 nitrogen and oxygen atoms in total. The van der Waals surface area contributed by atoms with Crippen molar-refractivity contribution >= 4 is 23.6 Å². The van der Waals surface area contributed by atoms with Crippen LogP contribution in [0, 0.1) is 5.92 Å². The van der Waals surface area contributed by atoms with Crippen LogP contribution in [0.2, 0.25) is 0 Å². The van der Waals surface area contributed by atoms with Crippen molar-refractivity contribution in [3.63, 3.8) is 0 Å². The predicted octanol–water partition coefficient (Wildman–Crippen LogP) is 2.71. The predicted molar refractivity (Wildman–Crippen MR) is 107 cm³/mol. The van der Waals surface area contributed by atoms with Crippen molar-refractivity contribution in [2.75, 3.05) is 31.8 Å². The summed E-state index contributed by atoms with van der Waals surface area (Å²) in [5.74, 6) is 3.39. The lowest BCUT2D eigenvalue weighted by molar-refractivity contribution is -0.143. The van der Waals surface area contributed by atoms with Gasteiger partial charge in [-0.05, 0) is 61.3 Å². The molecule has 2 atom stereocenters. The molecular formula is C21H28N2O3S. The third-order valence-electron chi connectivity index (χ3n) is 6.13. The van der Waals surface area contributed by atoms with Crippen LogP contribution in [0.5, 0.6) is 5.75 Å². The third kappa shape index (κ3) is 3.96. The SMILES string of the molecule is COc1ccc2c(c1)CCC(CC(=O)N1CCC[C@H]1C(=O)N1CCSC1)C2. The zero-order valence-electron chi connectivity index (χ0n) is 16.0. The van der Waals surface area contributed by atoms with Gasteiger partial charge in [-0.15, -0.1) is 11.8 Å². The van der Waals surface area contributed by atoms with Gasteiger partial charge in [-0.2, -0.15) is 0 Å². The second-order valence-corrected chi connectivity index (χ2v) is 8.91. The van der Waals surface area contributed by atoms with Crippen LogP contribution in [0.1, 0.15) is 36.8 Å². The molecule has 4 rings (SSSR count). The average Bonchev–Trinajstić information content (AvgIpc) is 3.39. The molecule has 0 saturated carbocycles. The van der Waals surface area contributed by atoms with Crippen LogP contribution < -0.4 is 4.74 Å². The van der Waals surface area contributed by atoms with E-state index in [1.165, 1.54) is 11.1 Å². The lowest BCUT2D eigenvalue weighted by atomic mass is 9.82. The minimum absolute atomic E-state index is 0.159. The summed E-state index contributed by atoms with van der Waals surface area (Å²) in [5, 5.41) is 0. The maximum atomic E-state index is 13.0. The monoisotopic (exact) mass is 388 g/mol. The molecule has 1 aliphatic carbocycles. The third-order valence-corrected chi connectivity index (χ3v) is 7.10. The molecule has 0 N–H and O–H groups in total. The number of amides is 2. The number of ether oxygens (including phenoxy) is 1. The summed E-state index contributed by atoms with van der Waals surface area (Å²) in [6, 6.07) is 6.04. The van der Waals surface area contributed by atoms with E-state index in [4.69, 9.17) is 4.74 Å². The summed E-state index contributed by atoms with van der Waals surface area (Å²) >= 11 is 1.80. The fourth-order valence-corrected chi connectivity index (χ4v) is 5.55. The Morgan fingerprint density at radius 2 is 2.11 bits per heavy atom. The van der Waals surface area contributed by atoms with E-state index in [2.05, 4.69) is 12.1 Å². The first kappa shape index (κ1) is 18.7. The molecule has 2 saturated heterocycles. The molecule has 2 amide bonds. The number of benzene rings is 1. The van der Waals surface area contributed by atoms with Gasteiger partial charge >= 0.3 is 0 Å². The largest absolute Gasteiger partial charge is 0.497 e. The van der Waals surface area contributed by atoms with Crippen molar-refractivity contribution in [1.82, 2.24) is 9.80 Å². The molecule has 6 heteroatoms. The van der Waals surface area contributed by atoms with E-state index in [-0.39, 0.29) is 17.9 Å². The summed E-state index contributed by atoms with van der Waals surface area (Å²) in [4.78, 5) is 29.6. The molecule has 0 spiro atoms. The van der Waals surface area contributed by atoms with E-state index in [1.807, 2.05) is 15.9 Å². The standard InChI is InChI=1S/C21H28N2O3S/c1-26-18-7-6-16-11-15(4-5-17(16)13-18)12-20(24)23-8-2-3-19(23)21(25)22-9-10-27-14-22/h6-7,13,15,19H,2-5,8-12,14H2,1H3/t15?,19-/m0/s1. The molecule has 1 unspecified atom stereocenters. The lowest BCUT2D eigenvalue weighted by Gasteiger charge is -2.30. The van der Waals surface area contributed by atoms with Crippen LogP contribution in [0.4, 0.5) is 0 Å². The average molecular weight is 389 g/mol. The van der Waals surface area contributed by atoms with E-state index < -0.39 is 0 Å². The summed E-state index contributed by atoms with van der Waals surface area (Å²) in [6.45, 7) is 1.56. The Labute approximate surface area is 165 Å². The first-order valence-electron chi connectivity index (χ1n) is 9.97. The molecule has 0 aromatic heterocycles. The molecule has 27 heavy (non-hydrogen) atoms. The number of nitrogens with zero attached hydrogens (tertiary/aromatic N) is 2. The van der Waals surface area contributed by atoms with Crippen LogP contribution >= 0.6 is 11.8 Å². The van der Waals surface area contributed by atoms with Gasteiger partial charge < -0.3 is 14.5 Å². The highest BCUT2D eigenvalue weighted by molar-refractivity contribution is 7.99. The first-order chi connectivity index (χ1) is 13.2. The highest BCUT2D eigenvalue weighted by Gasteiger charge is 2.38. The number of likely N-dealkylation sites (tertiary alicyclic amines) is 1. The second-order valence-electron chi connectivity index (χ2n) is 7.83. The molecule has 146 valence electrons. The van der Waals surface area contributed by atoms with Crippen LogP contribution in [0.3, 0.4) is 0 Å². The molecule has 1 aromatic carbocycles. The Balaban J connectivity index is 1.37. The molecule has 1 aromatic rings. The molecule has 0 bridgehead atoms. The van der Waals surface area contributed by atoms with Crippen LogP contribution in [0.25, 0.3) is 0 Å². The van der Waals surface area contributed by atoms with Crippen molar-refractivity contribution < 1.29 is 14.3 Å². The van der Waals surface area contributed by atoms with Gasteiger partial charge in [0, 0.05) is 25.3 Å². The first-order valence-corrected chi connectivity index (χ1v) is 11.1. The number of hydrogen-bond acceptors (Lipinski definition) is 4. The Morgan fingerprint density at radius 1 is 1.22 bits per heavy atom. The topological polar surface area (TPSA) is 49.9 Å². The van der Waals surface area contributed by atoms with Crippen molar-refractivity contribution in [2.45, 2.75) is 44.6 Å². The highest BCUT2D eigenvalue weighted by atomic mass is 32.2. The van der Waals surface area contributed by atoms with E-state index in [1.54, 1.807) is 18.9 Å². The van der Waals surface area contributed by atoms with Gasteiger partial charge in [0.25, 0.3) is 0 Å². The maximum Gasteiger partial charge on any atom is 0.246 e. The fraction of sp³-hybridized carbons (Fsp3) is 0.619. The van der Waals surface area contributed by atoms with Gasteiger partial charge in [0.1, 0.15) is 11.8 Å². The normalized spacial score (nSPS) is 24.8. The van der Waals surface area contributed by atoms with Crippen molar-refractivity contribution in [1.29, 1.82) is 0 Å². The number of rotatable bonds is 4. The van der Waals surface area contributed by atoms with E-state index in [0.717, 1.165) is 62.6 Å². The molecule has 3 aliphatic rings. The molecule has 0 radical (unpaired) electrons.